The smallest absolute Gasteiger partial charge is 0.0400 e. The lowest BCUT2D eigenvalue weighted by Gasteiger charge is -2.12. The van der Waals surface area contributed by atoms with Crippen LogP contribution >= 0.6 is 0 Å². The van der Waals surface area contributed by atoms with Gasteiger partial charge in [-0.25, -0.2) is 0 Å². The molecule has 0 heterocycles. The molecule has 0 saturated carbocycles. The van der Waals surface area contributed by atoms with E-state index in [1.807, 2.05) is 18.2 Å². The molecule has 5 N–H and O–H groups in total. The van der Waals surface area contributed by atoms with Crippen molar-refractivity contribution in [3.63, 3.8) is 0 Å². The van der Waals surface area contributed by atoms with Crippen molar-refractivity contribution in [2.75, 3.05) is 11.9 Å². The van der Waals surface area contributed by atoms with Gasteiger partial charge in [0, 0.05) is 18.3 Å². The molecule has 0 radical (unpaired) electrons. The highest BCUT2D eigenvalue weighted by molar-refractivity contribution is 5.45. The second kappa shape index (κ2) is 6.92. The minimum Gasteiger partial charge on any atom is -0.381 e. The Morgan fingerprint density at radius 3 is 2.26 bits per heavy atom. The van der Waals surface area contributed by atoms with E-state index in [0.717, 1.165) is 24.2 Å². The summed E-state index contributed by atoms with van der Waals surface area (Å²) in [7, 11) is 0. The van der Waals surface area contributed by atoms with Gasteiger partial charge in [-0.05, 0) is 36.2 Å². The van der Waals surface area contributed by atoms with Crippen molar-refractivity contribution in [2.24, 2.45) is 11.5 Å². The SMILES string of the molecule is NCC[C@@H](N)c1ccc(NCc2ccccc2)cc1. The quantitative estimate of drug-likeness (QED) is 0.743. The number of rotatable bonds is 6. The molecule has 0 aliphatic rings. The van der Waals surface area contributed by atoms with Crippen molar-refractivity contribution in [1.29, 1.82) is 0 Å². The first-order chi connectivity index (χ1) is 9.29. The lowest BCUT2D eigenvalue weighted by Crippen LogP contribution is -2.15. The summed E-state index contributed by atoms with van der Waals surface area (Å²) in [6.45, 7) is 1.45. The molecule has 0 saturated heterocycles. The van der Waals surface area contributed by atoms with E-state index >= 15 is 0 Å². The number of hydrogen-bond acceptors (Lipinski definition) is 3. The summed E-state index contributed by atoms with van der Waals surface area (Å²) in [5, 5.41) is 3.39. The molecule has 3 heteroatoms. The summed E-state index contributed by atoms with van der Waals surface area (Å²) >= 11 is 0. The summed E-state index contributed by atoms with van der Waals surface area (Å²) in [6.07, 6.45) is 0.816. The molecule has 0 amide bonds. The third kappa shape index (κ3) is 4.09. The van der Waals surface area contributed by atoms with Crippen molar-refractivity contribution < 1.29 is 0 Å². The predicted octanol–water partition coefficient (Wildman–Crippen LogP) is 2.65. The molecule has 2 aromatic carbocycles. The molecule has 19 heavy (non-hydrogen) atoms. The number of hydrogen-bond donors (Lipinski definition) is 3. The van der Waals surface area contributed by atoms with Crippen molar-refractivity contribution in [3.05, 3.63) is 65.7 Å². The van der Waals surface area contributed by atoms with Gasteiger partial charge in [0.15, 0.2) is 0 Å². The van der Waals surface area contributed by atoms with E-state index < -0.39 is 0 Å². The third-order valence-corrected chi connectivity index (χ3v) is 3.16. The van der Waals surface area contributed by atoms with Gasteiger partial charge in [0.25, 0.3) is 0 Å². The van der Waals surface area contributed by atoms with Gasteiger partial charge < -0.3 is 16.8 Å². The third-order valence-electron chi connectivity index (χ3n) is 3.16. The Hall–Kier alpha value is -1.84. The van der Waals surface area contributed by atoms with Crippen molar-refractivity contribution in [2.45, 2.75) is 19.0 Å². The van der Waals surface area contributed by atoms with E-state index in [2.05, 4.69) is 41.7 Å². The van der Waals surface area contributed by atoms with Crippen molar-refractivity contribution in [3.8, 4) is 0 Å². The normalized spacial score (nSPS) is 12.1. The number of nitrogens with one attached hydrogen (secondary N) is 1. The highest BCUT2D eigenvalue weighted by Crippen LogP contribution is 2.17. The monoisotopic (exact) mass is 255 g/mol. The van der Waals surface area contributed by atoms with Gasteiger partial charge in [0.1, 0.15) is 0 Å². The molecule has 2 rings (SSSR count). The van der Waals surface area contributed by atoms with E-state index in [-0.39, 0.29) is 6.04 Å². The first kappa shape index (κ1) is 13.6. The van der Waals surface area contributed by atoms with Crippen molar-refractivity contribution >= 4 is 5.69 Å². The molecule has 0 aromatic heterocycles. The molecule has 1 atom stereocenters. The number of anilines is 1. The topological polar surface area (TPSA) is 64.1 Å². The highest BCUT2D eigenvalue weighted by Gasteiger charge is 2.04. The van der Waals surface area contributed by atoms with Gasteiger partial charge in [-0.2, -0.15) is 0 Å². The Kier molecular flexibility index (Phi) is 4.95. The van der Waals surface area contributed by atoms with Gasteiger partial charge in [-0.15, -0.1) is 0 Å². The van der Waals surface area contributed by atoms with Crippen LogP contribution in [-0.4, -0.2) is 6.54 Å². The predicted molar refractivity (Wildman–Crippen MR) is 80.8 cm³/mol. The molecular formula is C16H21N3. The van der Waals surface area contributed by atoms with Crippen LogP contribution in [0.5, 0.6) is 0 Å². The second-order valence-corrected chi connectivity index (χ2v) is 4.65. The van der Waals surface area contributed by atoms with Crippen LogP contribution in [0.15, 0.2) is 54.6 Å². The summed E-state index contributed by atoms with van der Waals surface area (Å²) in [5.41, 5.74) is 15.0. The zero-order chi connectivity index (χ0) is 13.5. The van der Waals surface area contributed by atoms with Gasteiger partial charge in [-0.1, -0.05) is 42.5 Å². The summed E-state index contributed by atoms with van der Waals surface area (Å²) in [4.78, 5) is 0. The van der Waals surface area contributed by atoms with Crippen LogP contribution in [0.3, 0.4) is 0 Å². The van der Waals surface area contributed by atoms with Gasteiger partial charge in [0.2, 0.25) is 0 Å². The van der Waals surface area contributed by atoms with E-state index in [9.17, 15) is 0 Å². The molecule has 0 aliphatic carbocycles. The first-order valence-corrected chi connectivity index (χ1v) is 6.63. The van der Waals surface area contributed by atoms with E-state index in [4.69, 9.17) is 11.5 Å². The maximum Gasteiger partial charge on any atom is 0.0400 e. The zero-order valence-corrected chi connectivity index (χ0v) is 11.0. The minimum absolute atomic E-state index is 0.0353. The lowest BCUT2D eigenvalue weighted by atomic mass is 10.0. The van der Waals surface area contributed by atoms with Crippen molar-refractivity contribution in [1.82, 2.24) is 0 Å². The van der Waals surface area contributed by atoms with Crippen LogP contribution in [0.1, 0.15) is 23.6 Å². The molecule has 0 fully saturated rings. The second-order valence-electron chi connectivity index (χ2n) is 4.65. The molecule has 3 nitrogen and oxygen atoms in total. The molecule has 0 spiro atoms. The average molecular weight is 255 g/mol. The van der Waals surface area contributed by atoms with E-state index in [1.54, 1.807) is 0 Å². The maximum atomic E-state index is 6.02. The van der Waals surface area contributed by atoms with Gasteiger partial charge in [0.05, 0.1) is 0 Å². The first-order valence-electron chi connectivity index (χ1n) is 6.63. The highest BCUT2D eigenvalue weighted by atomic mass is 14.9. The molecular weight excluding hydrogens is 234 g/mol. The number of benzene rings is 2. The fourth-order valence-electron chi connectivity index (χ4n) is 1.99. The summed E-state index contributed by atoms with van der Waals surface area (Å²) in [5.74, 6) is 0. The standard InChI is InChI=1S/C16H21N3/c17-11-10-16(18)14-6-8-15(9-7-14)19-12-13-4-2-1-3-5-13/h1-9,16,19H,10-12,17-18H2/t16-/m1/s1. The maximum absolute atomic E-state index is 6.02. The largest absolute Gasteiger partial charge is 0.381 e. The Bertz CT molecular complexity index is 479. The molecule has 0 bridgehead atoms. The van der Waals surface area contributed by atoms with Gasteiger partial charge in [-0.3, -0.25) is 0 Å². The summed E-state index contributed by atoms with van der Waals surface area (Å²) < 4.78 is 0. The zero-order valence-electron chi connectivity index (χ0n) is 11.0. The Labute approximate surface area is 114 Å². The fraction of sp³-hybridized carbons (Fsp3) is 0.250. The number of nitrogens with two attached hydrogens (primary N) is 2. The van der Waals surface area contributed by atoms with Crippen LogP contribution < -0.4 is 16.8 Å². The average Bonchev–Trinajstić information content (AvgIpc) is 2.47. The van der Waals surface area contributed by atoms with Crippen LogP contribution in [-0.2, 0) is 6.54 Å². The Morgan fingerprint density at radius 2 is 1.63 bits per heavy atom. The Morgan fingerprint density at radius 1 is 0.947 bits per heavy atom. The van der Waals surface area contributed by atoms with Gasteiger partial charge >= 0.3 is 0 Å². The van der Waals surface area contributed by atoms with E-state index in [1.165, 1.54) is 5.56 Å². The van der Waals surface area contributed by atoms with Crippen LogP contribution in [0, 0.1) is 0 Å². The molecule has 0 aliphatic heterocycles. The molecule has 2 aromatic rings. The fourth-order valence-corrected chi connectivity index (χ4v) is 1.99. The molecule has 100 valence electrons. The lowest BCUT2D eigenvalue weighted by molar-refractivity contribution is 0.661. The van der Waals surface area contributed by atoms with Crippen LogP contribution in [0.2, 0.25) is 0 Å². The van der Waals surface area contributed by atoms with Crippen LogP contribution in [0.25, 0.3) is 0 Å². The minimum atomic E-state index is 0.0353. The van der Waals surface area contributed by atoms with E-state index in [0.29, 0.717) is 6.54 Å². The Balaban J connectivity index is 1.92. The summed E-state index contributed by atoms with van der Waals surface area (Å²) in [6, 6.07) is 18.6. The molecule has 0 unspecified atom stereocenters. The van der Waals surface area contributed by atoms with Crippen LogP contribution in [0.4, 0.5) is 5.69 Å².